The first-order chi connectivity index (χ1) is 9.06. The molecule has 104 valence electrons. The molecule has 2 atom stereocenters. The SMILES string of the molecule is CCC1(CNC2CC(C)c3c(C)ccc(O)c32)CC1. The van der Waals surface area contributed by atoms with E-state index in [1.807, 2.05) is 12.1 Å². The Morgan fingerprint density at radius 2 is 2.05 bits per heavy atom. The Morgan fingerprint density at radius 3 is 2.68 bits per heavy atom. The molecule has 2 N–H and O–H groups in total. The molecule has 2 nitrogen and oxygen atoms in total. The van der Waals surface area contributed by atoms with Crippen molar-refractivity contribution in [2.75, 3.05) is 6.54 Å². The Balaban J connectivity index is 1.81. The third-order valence-electron chi connectivity index (χ3n) is 5.34. The Kier molecular flexibility index (Phi) is 3.09. The molecular weight excluding hydrogens is 234 g/mol. The fourth-order valence-electron chi connectivity index (χ4n) is 3.70. The molecule has 1 fully saturated rings. The van der Waals surface area contributed by atoms with Crippen molar-refractivity contribution in [3.63, 3.8) is 0 Å². The lowest BCUT2D eigenvalue weighted by Crippen LogP contribution is -2.27. The predicted molar refractivity (Wildman–Crippen MR) is 78.6 cm³/mol. The van der Waals surface area contributed by atoms with E-state index in [0.29, 0.717) is 23.1 Å². The van der Waals surface area contributed by atoms with Gasteiger partial charge in [0.05, 0.1) is 0 Å². The average Bonchev–Trinajstić information content (AvgIpc) is 3.10. The van der Waals surface area contributed by atoms with E-state index in [2.05, 4.69) is 26.1 Å². The number of hydrogen-bond donors (Lipinski definition) is 2. The third kappa shape index (κ3) is 2.16. The maximum atomic E-state index is 10.2. The summed E-state index contributed by atoms with van der Waals surface area (Å²) in [6, 6.07) is 4.24. The minimum Gasteiger partial charge on any atom is -0.508 e. The highest BCUT2D eigenvalue weighted by atomic mass is 16.3. The molecule has 0 aliphatic heterocycles. The standard InChI is InChI=1S/C17H25NO/c1-4-17(7-8-17)10-18-13-9-12(3)15-11(2)5-6-14(19)16(13)15/h5-6,12-13,18-19H,4,7-10H2,1-3H3. The van der Waals surface area contributed by atoms with Crippen molar-refractivity contribution in [2.45, 2.75) is 58.4 Å². The van der Waals surface area contributed by atoms with Crippen LogP contribution in [-0.4, -0.2) is 11.7 Å². The molecule has 3 rings (SSSR count). The zero-order valence-corrected chi connectivity index (χ0v) is 12.3. The fourth-order valence-corrected chi connectivity index (χ4v) is 3.70. The third-order valence-corrected chi connectivity index (χ3v) is 5.34. The zero-order valence-electron chi connectivity index (χ0n) is 12.3. The van der Waals surface area contributed by atoms with Crippen LogP contribution in [0, 0.1) is 12.3 Å². The lowest BCUT2D eigenvalue weighted by molar-refractivity contribution is 0.388. The number of aromatic hydroxyl groups is 1. The van der Waals surface area contributed by atoms with Crippen molar-refractivity contribution in [3.8, 4) is 5.75 Å². The van der Waals surface area contributed by atoms with E-state index in [9.17, 15) is 5.11 Å². The van der Waals surface area contributed by atoms with Crippen LogP contribution in [0.25, 0.3) is 0 Å². The molecule has 2 aliphatic carbocycles. The van der Waals surface area contributed by atoms with Crippen LogP contribution in [0.4, 0.5) is 0 Å². The van der Waals surface area contributed by atoms with Gasteiger partial charge in [-0.2, -0.15) is 0 Å². The number of benzene rings is 1. The second kappa shape index (κ2) is 4.52. The van der Waals surface area contributed by atoms with Crippen LogP contribution in [0.1, 0.15) is 68.2 Å². The maximum absolute atomic E-state index is 10.2. The molecule has 0 saturated heterocycles. The van der Waals surface area contributed by atoms with Crippen LogP contribution in [-0.2, 0) is 0 Å². The second-order valence-corrected chi connectivity index (χ2v) is 6.65. The number of rotatable bonds is 4. The van der Waals surface area contributed by atoms with Gasteiger partial charge in [0, 0.05) is 18.2 Å². The summed E-state index contributed by atoms with van der Waals surface area (Å²) in [6.07, 6.45) is 5.12. The minimum atomic E-state index is 0.342. The smallest absolute Gasteiger partial charge is 0.120 e. The van der Waals surface area contributed by atoms with Gasteiger partial charge in [-0.15, -0.1) is 0 Å². The van der Waals surface area contributed by atoms with Gasteiger partial charge >= 0.3 is 0 Å². The molecule has 0 heterocycles. The van der Waals surface area contributed by atoms with Gasteiger partial charge in [0.1, 0.15) is 5.75 Å². The molecule has 0 amide bonds. The van der Waals surface area contributed by atoms with Gasteiger partial charge in [-0.25, -0.2) is 0 Å². The first-order valence-electron chi connectivity index (χ1n) is 7.62. The van der Waals surface area contributed by atoms with E-state index in [4.69, 9.17) is 0 Å². The first-order valence-corrected chi connectivity index (χ1v) is 7.62. The van der Waals surface area contributed by atoms with E-state index in [1.54, 1.807) is 0 Å². The largest absolute Gasteiger partial charge is 0.508 e. The van der Waals surface area contributed by atoms with Gasteiger partial charge in [-0.1, -0.05) is 19.9 Å². The number of phenols is 1. The summed E-state index contributed by atoms with van der Waals surface area (Å²) in [5.41, 5.74) is 4.42. The van der Waals surface area contributed by atoms with Gasteiger partial charge in [0.2, 0.25) is 0 Å². The summed E-state index contributed by atoms with van der Waals surface area (Å²) in [6.45, 7) is 7.83. The lowest BCUT2D eigenvalue weighted by Gasteiger charge is -2.20. The molecule has 2 aliphatic rings. The van der Waals surface area contributed by atoms with Gasteiger partial charge in [0.15, 0.2) is 0 Å². The highest BCUT2D eigenvalue weighted by Gasteiger charge is 2.41. The minimum absolute atomic E-state index is 0.342. The van der Waals surface area contributed by atoms with Gasteiger partial charge in [0.25, 0.3) is 0 Å². The normalized spacial score (nSPS) is 27.3. The molecule has 0 aromatic heterocycles. The molecule has 2 heteroatoms. The molecule has 0 spiro atoms. The average molecular weight is 259 g/mol. The molecular formula is C17H25NO. The maximum Gasteiger partial charge on any atom is 0.120 e. The van der Waals surface area contributed by atoms with Gasteiger partial charge in [-0.05, 0) is 61.1 Å². The van der Waals surface area contributed by atoms with Crippen molar-refractivity contribution < 1.29 is 5.11 Å². The van der Waals surface area contributed by atoms with Crippen molar-refractivity contribution in [2.24, 2.45) is 5.41 Å². The van der Waals surface area contributed by atoms with Crippen LogP contribution >= 0.6 is 0 Å². The Labute approximate surface area is 116 Å². The Bertz CT molecular complexity index is 490. The van der Waals surface area contributed by atoms with Crippen LogP contribution in [0.15, 0.2) is 12.1 Å². The van der Waals surface area contributed by atoms with Crippen molar-refractivity contribution >= 4 is 0 Å². The van der Waals surface area contributed by atoms with Crippen molar-refractivity contribution in [1.82, 2.24) is 5.32 Å². The number of phenolic OH excluding ortho intramolecular Hbond substituents is 1. The first kappa shape index (κ1) is 13.0. The molecule has 0 radical (unpaired) electrons. The highest BCUT2D eigenvalue weighted by molar-refractivity contribution is 5.50. The van der Waals surface area contributed by atoms with E-state index in [1.165, 1.54) is 36.0 Å². The number of aryl methyl sites for hydroxylation is 1. The Morgan fingerprint density at radius 1 is 1.32 bits per heavy atom. The van der Waals surface area contributed by atoms with Crippen LogP contribution in [0.3, 0.4) is 0 Å². The van der Waals surface area contributed by atoms with Crippen LogP contribution in [0.2, 0.25) is 0 Å². The summed E-state index contributed by atoms with van der Waals surface area (Å²) in [5.74, 6) is 1.03. The van der Waals surface area contributed by atoms with E-state index >= 15 is 0 Å². The molecule has 2 unspecified atom stereocenters. The number of fused-ring (bicyclic) bond motifs is 1. The highest BCUT2D eigenvalue weighted by Crippen LogP contribution is 2.50. The van der Waals surface area contributed by atoms with E-state index in [0.717, 1.165) is 13.0 Å². The fraction of sp³-hybridized carbons (Fsp3) is 0.647. The van der Waals surface area contributed by atoms with Crippen molar-refractivity contribution in [3.05, 3.63) is 28.8 Å². The molecule has 1 aromatic carbocycles. The zero-order chi connectivity index (χ0) is 13.6. The predicted octanol–water partition coefficient (Wildman–Crippen LogP) is 4.03. The van der Waals surface area contributed by atoms with E-state index < -0.39 is 0 Å². The second-order valence-electron chi connectivity index (χ2n) is 6.65. The van der Waals surface area contributed by atoms with Gasteiger partial charge in [-0.3, -0.25) is 0 Å². The monoisotopic (exact) mass is 259 g/mol. The lowest BCUT2D eigenvalue weighted by atomic mass is 9.97. The van der Waals surface area contributed by atoms with Crippen LogP contribution < -0.4 is 5.32 Å². The van der Waals surface area contributed by atoms with E-state index in [-0.39, 0.29) is 0 Å². The molecule has 0 bridgehead atoms. The van der Waals surface area contributed by atoms with Gasteiger partial charge < -0.3 is 10.4 Å². The number of hydrogen-bond acceptors (Lipinski definition) is 2. The summed E-state index contributed by atoms with van der Waals surface area (Å²) in [5, 5.41) is 13.9. The van der Waals surface area contributed by atoms with Crippen molar-refractivity contribution in [1.29, 1.82) is 0 Å². The summed E-state index contributed by atoms with van der Waals surface area (Å²) in [4.78, 5) is 0. The molecule has 1 aromatic rings. The summed E-state index contributed by atoms with van der Waals surface area (Å²) in [7, 11) is 0. The summed E-state index contributed by atoms with van der Waals surface area (Å²) < 4.78 is 0. The number of nitrogens with one attached hydrogen (secondary N) is 1. The van der Waals surface area contributed by atoms with Crippen LogP contribution in [0.5, 0.6) is 5.75 Å². The topological polar surface area (TPSA) is 32.3 Å². The molecule has 19 heavy (non-hydrogen) atoms. The molecule has 1 saturated carbocycles. The quantitative estimate of drug-likeness (QED) is 0.855. The summed E-state index contributed by atoms with van der Waals surface area (Å²) >= 11 is 0. The Hall–Kier alpha value is -1.02.